The van der Waals surface area contributed by atoms with Gasteiger partial charge in [0.2, 0.25) is 0 Å². The van der Waals surface area contributed by atoms with Crippen LogP contribution in [0.2, 0.25) is 0 Å². The first-order chi connectivity index (χ1) is 15.6. The lowest BCUT2D eigenvalue weighted by atomic mass is 9.78. The van der Waals surface area contributed by atoms with Crippen molar-refractivity contribution in [3.63, 3.8) is 0 Å². The average molecular weight is 468 g/mol. The van der Waals surface area contributed by atoms with Crippen LogP contribution in [-0.2, 0) is 18.3 Å². The molecule has 0 spiro atoms. The van der Waals surface area contributed by atoms with E-state index in [-0.39, 0.29) is 12.2 Å². The quantitative estimate of drug-likeness (QED) is 0.345. The molecule has 0 bridgehead atoms. The summed E-state index contributed by atoms with van der Waals surface area (Å²) >= 11 is 0. The van der Waals surface area contributed by atoms with Gasteiger partial charge in [0.15, 0.2) is 11.6 Å². The molecule has 4 rings (SSSR count). The van der Waals surface area contributed by atoms with Crippen LogP contribution >= 0.6 is 0 Å². The van der Waals surface area contributed by atoms with Crippen LogP contribution in [-0.4, -0.2) is 6.61 Å². The van der Waals surface area contributed by atoms with Crippen molar-refractivity contribution >= 4 is 0 Å². The van der Waals surface area contributed by atoms with Crippen LogP contribution in [0, 0.1) is 17.5 Å². The van der Waals surface area contributed by atoms with Crippen LogP contribution in [0.4, 0.5) is 30.7 Å². The number of hydrogen-bond donors (Lipinski definition) is 0. The van der Waals surface area contributed by atoms with Crippen LogP contribution in [0.1, 0.15) is 37.0 Å². The highest BCUT2D eigenvalue weighted by Crippen LogP contribution is 2.60. The van der Waals surface area contributed by atoms with E-state index in [1.807, 2.05) is 6.92 Å². The second-order valence-electron chi connectivity index (χ2n) is 7.80. The molecule has 0 fully saturated rings. The number of halogens is 7. The zero-order valence-corrected chi connectivity index (χ0v) is 17.7. The largest absolute Gasteiger partial charge is 0.491 e. The second-order valence-corrected chi connectivity index (χ2v) is 7.80. The lowest BCUT2D eigenvalue weighted by Gasteiger charge is -2.35. The summed E-state index contributed by atoms with van der Waals surface area (Å²) in [6.45, 7) is 3.29. The third-order valence-electron chi connectivity index (χ3n) is 5.72. The van der Waals surface area contributed by atoms with E-state index >= 15 is 13.2 Å². The van der Waals surface area contributed by atoms with Crippen LogP contribution in [0.25, 0.3) is 22.3 Å². The molecule has 33 heavy (non-hydrogen) atoms. The van der Waals surface area contributed by atoms with E-state index in [1.165, 1.54) is 19.1 Å². The normalized spacial score (nSPS) is 15.7. The summed E-state index contributed by atoms with van der Waals surface area (Å²) in [5, 5.41) is 0. The van der Waals surface area contributed by atoms with Crippen molar-refractivity contribution in [3.05, 3.63) is 76.6 Å². The Labute approximate surface area is 185 Å². The van der Waals surface area contributed by atoms with E-state index in [0.29, 0.717) is 12.0 Å². The van der Waals surface area contributed by atoms with Gasteiger partial charge in [0.05, 0.1) is 17.7 Å². The standard InChI is InChI=1S/C25H19F7O/c1-3-5-13-6-7-14(18(26)12-13)17-9-8-15-16-10-11-19(33-4-2)23(28)21(16)25(31,32)24(29,30)20(15)22(17)27/h6-12H,3-5H2,1-2H3. The first-order valence-corrected chi connectivity index (χ1v) is 10.4. The minimum atomic E-state index is -5.10. The molecule has 0 radical (unpaired) electrons. The molecule has 0 amide bonds. The second kappa shape index (κ2) is 8.08. The molecule has 0 heterocycles. The number of ether oxygens (including phenoxy) is 1. The highest BCUT2D eigenvalue weighted by atomic mass is 19.3. The predicted molar refractivity (Wildman–Crippen MR) is 110 cm³/mol. The van der Waals surface area contributed by atoms with Gasteiger partial charge in [0.25, 0.3) is 0 Å². The molecule has 8 heteroatoms. The van der Waals surface area contributed by atoms with Crippen LogP contribution in [0.3, 0.4) is 0 Å². The van der Waals surface area contributed by atoms with Gasteiger partial charge in [-0.2, -0.15) is 17.6 Å². The van der Waals surface area contributed by atoms with Crippen LogP contribution in [0.5, 0.6) is 5.75 Å². The van der Waals surface area contributed by atoms with Gasteiger partial charge in [-0.05, 0) is 48.2 Å². The van der Waals surface area contributed by atoms with Gasteiger partial charge < -0.3 is 4.74 Å². The summed E-state index contributed by atoms with van der Waals surface area (Å²) in [6.07, 6.45) is 1.29. The Bertz CT molecular complexity index is 1230. The van der Waals surface area contributed by atoms with Crippen molar-refractivity contribution in [3.8, 4) is 28.0 Å². The molecule has 0 saturated heterocycles. The first kappa shape index (κ1) is 23.1. The molecule has 174 valence electrons. The minimum absolute atomic E-state index is 0.0745. The molecule has 1 aliphatic carbocycles. The molecule has 0 unspecified atom stereocenters. The number of hydrogen-bond acceptors (Lipinski definition) is 1. The van der Waals surface area contributed by atoms with Gasteiger partial charge in [0, 0.05) is 11.1 Å². The topological polar surface area (TPSA) is 9.23 Å². The zero-order chi connectivity index (χ0) is 24.1. The fraction of sp³-hybridized carbons (Fsp3) is 0.280. The van der Waals surface area contributed by atoms with E-state index in [1.54, 1.807) is 0 Å². The summed E-state index contributed by atoms with van der Waals surface area (Å²) in [6, 6.07) is 7.94. The number of fused-ring (bicyclic) bond motifs is 3. The molecule has 0 N–H and O–H groups in total. The van der Waals surface area contributed by atoms with Crippen molar-refractivity contribution in [2.24, 2.45) is 0 Å². The molecular formula is C25H19F7O. The summed E-state index contributed by atoms with van der Waals surface area (Å²) < 4.78 is 110. The molecular weight excluding hydrogens is 449 g/mol. The fourth-order valence-electron chi connectivity index (χ4n) is 4.21. The van der Waals surface area contributed by atoms with E-state index in [0.717, 1.165) is 36.8 Å². The Hall–Kier alpha value is -3.03. The third-order valence-corrected chi connectivity index (χ3v) is 5.72. The van der Waals surface area contributed by atoms with E-state index < -0.39 is 62.9 Å². The third kappa shape index (κ3) is 3.38. The lowest BCUT2D eigenvalue weighted by Crippen LogP contribution is -2.41. The van der Waals surface area contributed by atoms with Gasteiger partial charge in [-0.3, -0.25) is 0 Å². The maximum absolute atomic E-state index is 15.4. The molecule has 1 nitrogen and oxygen atoms in total. The molecule has 0 atom stereocenters. The maximum Gasteiger partial charge on any atom is 0.343 e. The Kier molecular flexibility index (Phi) is 5.66. The number of rotatable bonds is 5. The molecule has 0 saturated carbocycles. The summed E-state index contributed by atoms with van der Waals surface area (Å²) in [4.78, 5) is 0. The summed E-state index contributed by atoms with van der Waals surface area (Å²) in [7, 11) is 0. The van der Waals surface area contributed by atoms with Gasteiger partial charge in [-0.15, -0.1) is 0 Å². The van der Waals surface area contributed by atoms with Crippen molar-refractivity contribution in [1.82, 2.24) is 0 Å². The smallest absolute Gasteiger partial charge is 0.343 e. The predicted octanol–water partition coefficient (Wildman–Crippen LogP) is 7.99. The molecule has 0 aliphatic heterocycles. The van der Waals surface area contributed by atoms with Crippen LogP contribution in [0.15, 0.2) is 42.5 Å². The Balaban J connectivity index is 1.98. The van der Waals surface area contributed by atoms with Crippen molar-refractivity contribution in [2.45, 2.75) is 38.5 Å². The number of aryl methyl sites for hydroxylation is 1. The lowest BCUT2D eigenvalue weighted by molar-refractivity contribution is -0.227. The molecule has 3 aromatic rings. The van der Waals surface area contributed by atoms with E-state index in [2.05, 4.69) is 0 Å². The fourth-order valence-corrected chi connectivity index (χ4v) is 4.21. The van der Waals surface area contributed by atoms with E-state index in [9.17, 15) is 17.6 Å². The Morgan fingerprint density at radius 1 is 0.697 bits per heavy atom. The Morgan fingerprint density at radius 3 is 1.82 bits per heavy atom. The first-order valence-electron chi connectivity index (χ1n) is 10.4. The Morgan fingerprint density at radius 2 is 1.24 bits per heavy atom. The number of alkyl halides is 4. The van der Waals surface area contributed by atoms with Gasteiger partial charge in [0.1, 0.15) is 11.6 Å². The van der Waals surface area contributed by atoms with Crippen molar-refractivity contribution in [2.75, 3.05) is 6.61 Å². The molecule has 0 aromatic heterocycles. The maximum atomic E-state index is 15.4. The average Bonchev–Trinajstić information content (AvgIpc) is 2.74. The molecule has 1 aliphatic rings. The van der Waals surface area contributed by atoms with Crippen molar-refractivity contribution in [1.29, 1.82) is 0 Å². The number of benzene rings is 3. The highest BCUT2D eigenvalue weighted by Gasteiger charge is 2.65. The van der Waals surface area contributed by atoms with Crippen molar-refractivity contribution < 1.29 is 35.5 Å². The summed E-state index contributed by atoms with van der Waals surface area (Å²) in [5.41, 5.74) is -4.62. The minimum Gasteiger partial charge on any atom is -0.491 e. The highest BCUT2D eigenvalue weighted by molar-refractivity contribution is 5.81. The summed E-state index contributed by atoms with van der Waals surface area (Å²) in [5.74, 6) is -15.0. The molecule has 3 aromatic carbocycles. The van der Waals surface area contributed by atoms with Crippen LogP contribution < -0.4 is 4.74 Å². The SMILES string of the molecule is CCCc1ccc(-c2ccc3c(c2F)C(F)(F)C(F)(F)c2c-3ccc(OCC)c2F)c(F)c1. The van der Waals surface area contributed by atoms with E-state index in [4.69, 9.17) is 4.74 Å². The van der Waals surface area contributed by atoms with Gasteiger partial charge in [-0.25, -0.2) is 13.2 Å². The zero-order valence-electron chi connectivity index (χ0n) is 17.7. The van der Waals surface area contributed by atoms with Gasteiger partial charge in [-0.1, -0.05) is 37.6 Å². The van der Waals surface area contributed by atoms with Gasteiger partial charge >= 0.3 is 11.8 Å². The monoisotopic (exact) mass is 468 g/mol.